The standard InChI is InChI=1S/C26H30N4O4/c1-16(27)24(31)28-17(2)25(32)30-22(13-18-9-5-4-6-10-18)26(33)29-20-14-19-11-7-8-12-21(19)23(15-20)34-3/h4-12,14-17,22H,13,27H2,1-3H3,(H,28,31)(H,29,33)(H,30,32)/t16-,17-,22-/m0/s1. The number of nitrogens with two attached hydrogens (primary N) is 1. The van der Waals surface area contributed by atoms with E-state index in [1.165, 1.54) is 6.92 Å². The van der Waals surface area contributed by atoms with Gasteiger partial charge in [0.05, 0.1) is 13.2 Å². The Balaban J connectivity index is 1.81. The number of carbonyl (C=O) groups is 3. The van der Waals surface area contributed by atoms with Gasteiger partial charge in [0.2, 0.25) is 17.7 Å². The minimum atomic E-state index is -0.873. The topological polar surface area (TPSA) is 123 Å². The van der Waals surface area contributed by atoms with E-state index in [0.717, 1.165) is 16.3 Å². The molecule has 0 aliphatic rings. The molecular weight excluding hydrogens is 432 g/mol. The van der Waals surface area contributed by atoms with E-state index >= 15 is 0 Å². The number of hydrogen-bond acceptors (Lipinski definition) is 5. The zero-order valence-corrected chi connectivity index (χ0v) is 19.5. The first kappa shape index (κ1) is 24.7. The molecule has 0 aromatic heterocycles. The summed E-state index contributed by atoms with van der Waals surface area (Å²) in [5.74, 6) is -0.694. The Morgan fingerprint density at radius 1 is 0.882 bits per heavy atom. The van der Waals surface area contributed by atoms with E-state index in [1.54, 1.807) is 20.1 Å². The molecule has 3 amide bonds. The molecule has 0 saturated heterocycles. The third-order valence-electron chi connectivity index (χ3n) is 5.39. The molecule has 0 bridgehead atoms. The van der Waals surface area contributed by atoms with Crippen LogP contribution < -0.4 is 26.4 Å². The lowest BCUT2D eigenvalue weighted by Crippen LogP contribution is -2.54. The Morgan fingerprint density at radius 3 is 2.24 bits per heavy atom. The number of rotatable bonds is 9. The van der Waals surface area contributed by atoms with E-state index in [2.05, 4.69) is 16.0 Å². The summed E-state index contributed by atoms with van der Waals surface area (Å²) in [4.78, 5) is 37.9. The highest BCUT2D eigenvalue weighted by Crippen LogP contribution is 2.29. The zero-order valence-electron chi connectivity index (χ0n) is 19.5. The van der Waals surface area contributed by atoms with Crippen LogP contribution in [0.2, 0.25) is 0 Å². The van der Waals surface area contributed by atoms with Gasteiger partial charge in [-0.25, -0.2) is 0 Å². The molecule has 0 aliphatic carbocycles. The SMILES string of the molecule is COc1cc(NC(=O)[C@H](Cc2ccccc2)NC(=O)[C@H](C)NC(=O)[C@H](C)N)cc2ccccc12. The van der Waals surface area contributed by atoms with Crippen molar-refractivity contribution in [1.82, 2.24) is 10.6 Å². The van der Waals surface area contributed by atoms with Gasteiger partial charge in [-0.05, 0) is 30.9 Å². The van der Waals surface area contributed by atoms with E-state index in [4.69, 9.17) is 10.5 Å². The predicted molar refractivity (Wildman–Crippen MR) is 132 cm³/mol. The molecule has 0 radical (unpaired) electrons. The van der Waals surface area contributed by atoms with Crippen LogP contribution in [0.4, 0.5) is 5.69 Å². The summed E-state index contributed by atoms with van der Waals surface area (Å²) in [7, 11) is 1.57. The molecule has 0 heterocycles. The second kappa shape index (κ2) is 11.3. The lowest BCUT2D eigenvalue weighted by molar-refractivity contribution is -0.130. The van der Waals surface area contributed by atoms with E-state index in [1.807, 2.05) is 60.7 Å². The number of ether oxygens (including phenoxy) is 1. The fourth-order valence-electron chi connectivity index (χ4n) is 3.51. The van der Waals surface area contributed by atoms with Crippen LogP contribution in [-0.2, 0) is 20.8 Å². The number of nitrogens with one attached hydrogen (secondary N) is 3. The normalized spacial score (nSPS) is 13.4. The van der Waals surface area contributed by atoms with Crippen LogP contribution in [0.1, 0.15) is 19.4 Å². The van der Waals surface area contributed by atoms with Crippen molar-refractivity contribution < 1.29 is 19.1 Å². The lowest BCUT2D eigenvalue weighted by Gasteiger charge is -2.22. The number of fused-ring (bicyclic) bond motifs is 1. The van der Waals surface area contributed by atoms with Gasteiger partial charge in [0.15, 0.2) is 0 Å². The van der Waals surface area contributed by atoms with Crippen LogP contribution in [0.5, 0.6) is 5.75 Å². The van der Waals surface area contributed by atoms with Crippen molar-refractivity contribution in [2.24, 2.45) is 5.73 Å². The van der Waals surface area contributed by atoms with E-state index in [9.17, 15) is 14.4 Å². The molecule has 34 heavy (non-hydrogen) atoms. The Bertz CT molecular complexity index is 1160. The van der Waals surface area contributed by atoms with Gasteiger partial charge in [-0.2, -0.15) is 0 Å². The van der Waals surface area contributed by atoms with Crippen molar-refractivity contribution in [1.29, 1.82) is 0 Å². The summed E-state index contributed by atoms with van der Waals surface area (Å²) in [6, 6.07) is 18.2. The van der Waals surface area contributed by atoms with Crippen molar-refractivity contribution in [2.45, 2.75) is 38.4 Å². The number of carbonyl (C=O) groups excluding carboxylic acids is 3. The first-order chi connectivity index (χ1) is 16.3. The maximum Gasteiger partial charge on any atom is 0.247 e. The van der Waals surface area contributed by atoms with Crippen LogP contribution >= 0.6 is 0 Å². The van der Waals surface area contributed by atoms with E-state index < -0.39 is 29.9 Å². The summed E-state index contributed by atoms with van der Waals surface area (Å²) < 4.78 is 5.49. The first-order valence-electron chi connectivity index (χ1n) is 11.1. The van der Waals surface area contributed by atoms with Crippen LogP contribution in [0.3, 0.4) is 0 Å². The van der Waals surface area contributed by atoms with Gasteiger partial charge < -0.3 is 26.4 Å². The second-order valence-corrected chi connectivity index (χ2v) is 8.16. The summed E-state index contributed by atoms with van der Waals surface area (Å²) in [6.45, 7) is 3.07. The third-order valence-corrected chi connectivity index (χ3v) is 5.39. The highest BCUT2D eigenvalue weighted by Gasteiger charge is 2.25. The fourth-order valence-corrected chi connectivity index (χ4v) is 3.51. The minimum Gasteiger partial charge on any atom is -0.496 e. The number of benzene rings is 3. The molecule has 8 nitrogen and oxygen atoms in total. The monoisotopic (exact) mass is 462 g/mol. The highest BCUT2D eigenvalue weighted by atomic mass is 16.5. The number of amides is 3. The summed E-state index contributed by atoms with van der Waals surface area (Å²) in [5, 5.41) is 10.0. The summed E-state index contributed by atoms with van der Waals surface area (Å²) >= 11 is 0. The number of hydrogen-bond donors (Lipinski definition) is 4. The molecule has 0 aliphatic heterocycles. The Morgan fingerprint density at radius 2 is 1.56 bits per heavy atom. The van der Waals surface area contributed by atoms with Crippen molar-refractivity contribution in [2.75, 3.05) is 12.4 Å². The fraction of sp³-hybridized carbons (Fsp3) is 0.269. The molecule has 0 spiro atoms. The molecular formula is C26H30N4O4. The smallest absolute Gasteiger partial charge is 0.247 e. The zero-order chi connectivity index (χ0) is 24.7. The largest absolute Gasteiger partial charge is 0.496 e. The van der Waals surface area contributed by atoms with Gasteiger partial charge in [0, 0.05) is 23.6 Å². The van der Waals surface area contributed by atoms with Crippen molar-refractivity contribution in [3.8, 4) is 5.75 Å². The number of anilines is 1. The predicted octanol–water partition coefficient (Wildman–Crippen LogP) is 2.37. The van der Waals surface area contributed by atoms with Gasteiger partial charge in [0.1, 0.15) is 17.8 Å². The first-order valence-corrected chi connectivity index (χ1v) is 11.1. The molecule has 0 unspecified atom stereocenters. The van der Waals surface area contributed by atoms with Gasteiger partial charge in [-0.1, -0.05) is 54.6 Å². The molecule has 3 atom stereocenters. The van der Waals surface area contributed by atoms with Crippen LogP contribution in [0.25, 0.3) is 10.8 Å². The minimum absolute atomic E-state index is 0.275. The Hall–Kier alpha value is -3.91. The molecule has 3 aromatic carbocycles. The average molecular weight is 463 g/mol. The molecule has 178 valence electrons. The molecule has 3 aromatic rings. The Kier molecular flexibility index (Phi) is 8.21. The lowest BCUT2D eigenvalue weighted by atomic mass is 10.0. The van der Waals surface area contributed by atoms with Crippen molar-refractivity contribution in [3.63, 3.8) is 0 Å². The van der Waals surface area contributed by atoms with Crippen LogP contribution in [0, 0.1) is 0 Å². The van der Waals surface area contributed by atoms with Gasteiger partial charge in [0.25, 0.3) is 0 Å². The average Bonchev–Trinajstić information content (AvgIpc) is 2.83. The third kappa shape index (κ3) is 6.32. The van der Waals surface area contributed by atoms with Crippen molar-refractivity contribution >= 4 is 34.2 Å². The van der Waals surface area contributed by atoms with E-state index in [0.29, 0.717) is 11.4 Å². The van der Waals surface area contributed by atoms with Gasteiger partial charge in [-0.3, -0.25) is 14.4 Å². The summed E-state index contributed by atoms with van der Waals surface area (Å²) in [6.07, 6.45) is 0.275. The summed E-state index contributed by atoms with van der Waals surface area (Å²) in [5.41, 5.74) is 7.00. The molecule has 5 N–H and O–H groups in total. The quantitative estimate of drug-likeness (QED) is 0.389. The molecule has 0 fully saturated rings. The Labute approximate surface area is 198 Å². The maximum absolute atomic E-state index is 13.3. The highest BCUT2D eigenvalue weighted by molar-refractivity contribution is 6.01. The molecule has 3 rings (SSSR count). The van der Waals surface area contributed by atoms with Crippen LogP contribution in [0.15, 0.2) is 66.7 Å². The second-order valence-electron chi connectivity index (χ2n) is 8.16. The molecule has 8 heteroatoms. The van der Waals surface area contributed by atoms with Crippen LogP contribution in [-0.4, -0.2) is 43.0 Å². The number of methoxy groups -OCH3 is 1. The van der Waals surface area contributed by atoms with Gasteiger partial charge >= 0.3 is 0 Å². The van der Waals surface area contributed by atoms with E-state index in [-0.39, 0.29) is 12.3 Å². The van der Waals surface area contributed by atoms with Gasteiger partial charge in [-0.15, -0.1) is 0 Å². The molecule has 0 saturated carbocycles. The van der Waals surface area contributed by atoms with Crippen molar-refractivity contribution in [3.05, 3.63) is 72.3 Å². The maximum atomic E-state index is 13.3.